The molecule has 0 spiro atoms. The molecule has 0 aromatic heterocycles. The molecule has 0 saturated carbocycles. The molecule has 0 aliphatic carbocycles. The molecule has 14 heteroatoms. The molecular formula is C33H29F7N4O3. The molecule has 1 unspecified atom stereocenters. The molecular weight excluding hydrogens is 633 g/mol. The first-order valence-electron chi connectivity index (χ1n) is 15.0. The minimum atomic E-state index is -4.54. The van der Waals surface area contributed by atoms with Gasteiger partial charge in [0.2, 0.25) is 11.8 Å². The quantitative estimate of drug-likeness (QED) is 0.278. The van der Waals surface area contributed by atoms with Crippen molar-refractivity contribution < 1.29 is 45.1 Å². The summed E-state index contributed by atoms with van der Waals surface area (Å²) in [5.74, 6) is -2.05. The molecule has 3 aromatic rings. The van der Waals surface area contributed by atoms with Crippen LogP contribution in [0.5, 0.6) is 0 Å². The van der Waals surface area contributed by atoms with Crippen molar-refractivity contribution in [3.8, 4) is 0 Å². The summed E-state index contributed by atoms with van der Waals surface area (Å²) in [6.07, 6.45) is -8.85. The van der Waals surface area contributed by atoms with E-state index in [1.54, 1.807) is 0 Å². The number of hydrogen-bond acceptors (Lipinski definition) is 5. The van der Waals surface area contributed by atoms with Gasteiger partial charge in [0, 0.05) is 55.8 Å². The van der Waals surface area contributed by atoms with Crippen molar-refractivity contribution in [3.63, 3.8) is 0 Å². The molecule has 0 bridgehead atoms. The Morgan fingerprint density at radius 2 is 1.32 bits per heavy atom. The van der Waals surface area contributed by atoms with E-state index in [1.807, 2.05) is 9.80 Å². The summed E-state index contributed by atoms with van der Waals surface area (Å²) in [5, 5.41) is 2.22. The Labute approximate surface area is 264 Å². The number of halogens is 7. The fourth-order valence-electron chi connectivity index (χ4n) is 6.52. The summed E-state index contributed by atoms with van der Waals surface area (Å²) in [4.78, 5) is 42.1. The predicted octanol–water partition coefficient (Wildman–Crippen LogP) is 5.53. The summed E-state index contributed by atoms with van der Waals surface area (Å²) in [5.41, 5.74) is -0.0114. The average Bonchev–Trinajstić information content (AvgIpc) is 3.35. The van der Waals surface area contributed by atoms with Crippen molar-refractivity contribution in [2.45, 2.75) is 50.4 Å². The lowest BCUT2D eigenvalue weighted by molar-refractivity contribution is -0.138. The van der Waals surface area contributed by atoms with E-state index in [0.29, 0.717) is 42.9 Å². The third kappa shape index (κ3) is 6.61. The largest absolute Gasteiger partial charge is 0.416 e. The van der Waals surface area contributed by atoms with Crippen LogP contribution in [-0.4, -0.2) is 64.6 Å². The number of imide groups is 1. The van der Waals surface area contributed by atoms with E-state index in [0.717, 1.165) is 24.3 Å². The Kier molecular flexibility index (Phi) is 8.60. The number of benzene rings is 3. The van der Waals surface area contributed by atoms with Gasteiger partial charge < -0.3 is 4.90 Å². The van der Waals surface area contributed by atoms with E-state index in [1.165, 1.54) is 41.3 Å². The van der Waals surface area contributed by atoms with Crippen LogP contribution in [0.1, 0.15) is 62.6 Å². The Bertz CT molecular complexity index is 1620. The first kappa shape index (κ1) is 32.6. The average molecular weight is 663 g/mol. The lowest BCUT2D eigenvalue weighted by atomic mass is 9.94. The molecule has 1 atom stereocenters. The lowest BCUT2D eigenvalue weighted by Crippen LogP contribution is -2.52. The molecule has 6 rings (SSSR count). The SMILES string of the molecule is O=C1CCC(N2Cc3c(ccc(CN4CCN(C(c5ccc(C(F)(F)F)cc5)c5ccc(C(F)(F)F)cc5)CC4)c3F)C2=O)C(=O)N1. The third-order valence-electron chi connectivity index (χ3n) is 9.00. The molecule has 0 radical (unpaired) electrons. The highest BCUT2D eigenvalue weighted by atomic mass is 19.4. The first-order valence-corrected chi connectivity index (χ1v) is 15.0. The Balaban J connectivity index is 1.17. The van der Waals surface area contributed by atoms with Gasteiger partial charge >= 0.3 is 12.4 Å². The highest BCUT2D eigenvalue weighted by Gasteiger charge is 2.41. The van der Waals surface area contributed by atoms with E-state index in [-0.39, 0.29) is 37.1 Å². The van der Waals surface area contributed by atoms with Crippen LogP contribution in [0, 0.1) is 5.82 Å². The van der Waals surface area contributed by atoms with Gasteiger partial charge in [0.05, 0.1) is 23.7 Å². The second kappa shape index (κ2) is 12.4. The maximum Gasteiger partial charge on any atom is 0.416 e. The van der Waals surface area contributed by atoms with Crippen molar-refractivity contribution in [2.75, 3.05) is 26.2 Å². The fraction of sp³-hybridized carbons (Fsp3) is 0.364. The molecule has 47 heavy (non-hydrogen) atoms. The minimum Gasteiger partial charge on any atom is -0.322 e. The zero-order chi connectivity index (χ0) is 33.7. The topological polar surface area (TPSA) is 73.0 Å². The van der Waals surface area contributed by atoms with Crippen LogP contribution in [0.3, 0.4) is 0 Å². The van der Waals surface area contributed by atoms with E-state index >= 15 is 4.39 Å². The van der Waals surface area contributed by atoms with Crippen LogP contribution in [0.4, 0.5) is 30.7 Å². The highest BCUT2D eigenvalue weighted by Crippen LogP contribution is 2.36. The normalized spacial score (nSPS) is 19.8. The molecule has 3 aliphatic heterocycles. The van der Waals surface area contributed by atoms with Gasteiger partial charge in [-0.1, -0.05) is 30.3 Å². The van der Waals surface area contributed by atoms with Crippen molar-refractivity contribution in [1.29, 1.82) is 0 Å². The number of piperazine rings is 1. The van der Waals surface area contributed by atoms with Gasteiger partial charge in [0.1, 0.15) is 11.9 Å². The molecule has 2 saturated heterocycles. The Hall–Kier alpha value is -4.30. The number of nitrogens with one attached hydrogen (secondary N) is 1. The molecule has 3 aromatic carbocycles. The van der Waals surface area contributed by atoms with Gasteiger partial charge in [0.15, 0.2) is 0 Å². The van der Waals surface area contributed by atoms with Crippen LogP contribution in [0.2, 0.25) is 0 Å². The number of carbonyl (C=O) groups is 3. The second-order valence-corrected chi connectivity index (χ2v) is 11.9. The lowest BCUT2D eigenvalue weighted by Gasteiger charge is -2.40. The maximum atomic E-state index is 15.8. The maximum absolute atomic E-state index is 15.8. The van der Waals surface area contributed by atoms with Crippen molar-refractivity contribution in [2.24, 2.45) is 0 Å². The van der Waals surface area contributed by atoms with Gasteiger partial charge in [-0.05, 0) is 47.9 Å². The minimum absolute atomic E-state index is 0.0782. The monoisotopic (exact) mass is 662 g/mol. The fourth-order valence-corrected chi connectivity index (χ4v) is 6.52. The molecule has 3 amide bonds. The third-order valence-corrected chi connectivity index (χ3v) is 9.00. The summed E-state index contributed by atoms with van der Waals surface area (Å²) < 4.78 is 95.2. The summed E-state index contributed by atoms with van der Waals surface area (Å²) >= 11 is 0. The van der Waals surface area contributed by atoms with Gasteiger partial charge in [-0.3, -0.25) is 29.5 Å². The summed E-state index contributed by atoms with van der Waals surface area (Å²) in [7, 11) is 0. The van der Waals surface area contributed by atoms with Gasteiger partial charge in [-0.25, -0.2) is 4.39 Å². The predicted molar refractivity (Wildman–Crippen MR) is 154 cm³/mol. The van der Waals surface area contributed by atoms with Crippen LogP contribution in [0.15, 0.2) is 60.7 Å². The molecule has 248 valence electrons. The number of nitrogens with zero attached hydrogens (tertiary/aromatic N) is 3. The standard InChI is InChI=1S/C33H29F7N4O3/c34-28-21(5-10-24-25(28)18-44(31(24)47)26-11-12-27(45)41-30(26)46)17-42-13-15-43(16-14-42)29(19-1-6-22(7-2-19)32(35,36)37)20-3-8-23(9-4-20)33(38,39)40/h1-10,26,29H,11-18H2,(H,41,45,46). The summed E-state index contributed by atoms with van der Waals surface area (Å²) in [6.45, 7) is 1.73. The van der Waals surface area contributed by atoms with Gasteiger partial charge in [0.25, 0.3) is 5.91 Å². The zero-order valence-electron chi connectivity index (χ0n) is 24.8. The number of alkyl halides is 6. The van der Waals surface area contributed by atoms with E-state index in [4.69, 9.17) is 0 Å². The smallest absolute Gasteiger partial charge is 0.322 e. The molecule has 3 heterocycles. The zero-order valence-corrected chi connectivity index (χ0v) is 24.8. The number of amides is 3. The van der Waals surface area contributed by atoms with Crippen molar-refractivity contribution in [3.05, 3.63) is 105 Å². The molecule has 2 fully saturated rings. The Morgan fingerprint density at radius 1 is 0.766 bits per heavy atom. The Morgan fingerprint density at radius 3 is 1.83 bits per heavy atom. The molecule has 7 nitrogen and oxygen atoms in total. The van der Waals surface area contributed by atoms with Crippen molar-refractivity contribution >= 4 is 17.7 Å². The molecule has 1 N–H and O–H groups in total. The van der Waals surface area contributed by atoms with E-state index in [9.17, 15) is 40.7 Å². The van der Waals surface area contributed by atoms with Crippen LogP contribution in [0.25, 0.3) is 0 Å². The van der Waals surface area contributed by atoms with Crippen LogP contribution in [-0.2, 0) is 35.0 Å². The number of fused-ring (bicyclic) bond motifs is 1. The summed E-state index contributed by atoms with van der Waals surface area (Å²) in [6, 6.07) is 10.7. The van der Waals surface area contributed by atoms with Crippen LogP contribution < -0.4 is 5.32 Å². The van der Waals surface area contributed by atoms with E-state index < -0.39 is 59.1 Å². The number of rotatable bonds is 6. The first-order chi connectivity index (χ1) is 22.2. The van der Waals surface area contributed by atoms with Crippen molar-refractivity contribution in [1.82, 2.24) is 20.0 Å². The number of piperidine rings is 1. The van der Waals surface area contributed by atoms with Gasteiger partial charge in [-0.15, -0.1) is 0 Å². The molecule has 3 aliphatic rings. The van der Waals surface area contributed by atoms with E-state index in [2.05, 4.69) is 5.32 Å². The highest BCUT2D eigenvalue weighted by molar-refractivity contribution is 6.05. The van der Waals surface area contributed by atoms with Gasteiger partial charge in [-0.2, -0.15) is 26.3 Å². The second-order valence-electron chi connectivity index (χ2n) is 11.9. The number of hydrogen-bond donors (Lipinski definition) is 1. The van der Waals surface area contributed by atoms with Crippen LogP contribution >= 0.6 is 0 Å². The number of carbonyl (C=O) groups excluding carboxylic acids is 3.